The van der Waals surface area contributed by atoms with E-state index < -0.39 is 0 Å². The summed E-state index contributed by atoms with van der Waals surface area (Å²) >= 11 is 1.73. The normalized spacial score (nSPS) is 19.1. The molecule has 1 unspecified atom stereocenters. The van der Waals surface area contributed by atoms with Crippen LogP contribution in [0.1, 0.15) is 30.0 Å². The van der Waals surface area contributed by atoms with Gasteiger partial charge in [-0.25, -0.2) is 4.98 Å². The first-order valence-electron chi connectivity index (χ1n) is 6.65. The molecule has 1 aromatic rings. The van der Waals surface area contributed by atoms with E-state index in [1.807, 2.05) is 6.92 Å². The van der Waals surface area contributed by atoms with E-state index in [-0.39, 0.29) is 11.8 Å². The zero-order valence-electron chi connectivity index (χ0n) is 10.9. The highest BCUT2D eigenvalue weighted by molar-refractivity contribution is 7.09. The molecule has 1 saturated heterocycles. The molecule has 0 spiro atoms. The molecule has 2 rings (SSSR count). The van der Waals surface area contributed by atoms with Crippen LogP contribution in [0.15, 0.2) is 5.38 Å². The van der Waals surface area contributed by atoms with E-state index in [2.05, 4.69) is 21.0 Å². The lowest BCUT2D eigenvalue weighted by Crippen LogP contribution is -2.32. The molecule has 0 aromatic carbocycles. The summed E-state index contributed by atoms with van der Waals surface area (Å²) in [5.41, 5.74) is 1.11. The van der Waals surface area contributed by atoms with E-state index in [0.29, 0.717) is 0 Å². The first kappa shape index (κ1) is 13.5. The number of unbranched alkanes of at least 4 members (excludes halogenated alkanes) is 1. The van der Waals surface area contributed by atoms with Crippen molar-refractivity contribution in [3.63, 3.8) is 0 Å². The summed E-state index contributed by atoms with van der Waals surface area (Å²) in [7, 11) is 0. The van der Waals surface area contributed by atoms with Crippen LogP contribution in [0.4, 0.5) is 0 Å². The topological polar surface area (TPSA) is 54.0 Å². The van der Waals surface area contributed by atoms with Crippen molar-refractivity contribution in [2.45, 2.75) is 32.6 Å². The van der Waals surface area contributed by atoms with Crippen LogP contribution in [0.2, 0.25) is 0 Å². The zero-order chi connectivity index (χ0) is 12.8. The fourth-order valence-electron chi connectivity index (χ4n) is 2.15. The highest BCUT2D eigenvalue weighted by atomic mass is 32.1. The summed E-state index contributed by atoms with van der Waals surface area (Å²) in [6, 6.07) is 0. The van der Waals surface area contributed by atoms with Crippen molar-refractivity contribution >= 4 is 17.2 Å². The van der Waals surface area contributed by atoms with Gasteiger partial charge in [0.15, 0.2) is 0 Å². The second kappa shape index (κ2) is 6.85. The predicted octanol–water partition coefficient (Wildman–Crippen LogP) is 1.50. The van der Waals surface area contributed by atoms with Crippen molar-refractivity contribution in [3.8, 4) is 0 Å². The Hall–Kier alpha value is -0.940. The molecule has 1 aliphatic heterocycles. The van der Waals surface area contributed by atoms with Gasteiger partial charge in [0.05, 0.1) is 10.9 Å². The second-order valence-corrected chi connectivity index (χ2v) is 5.76. The monoisotopic (exact) mass is 267 g/mol. The average Bonchev–Trinajstić information content (AvgIpc) is 2.99. The number of aromatic nitrogens is 1. The summed E-state index contributed by atoms with van der Waals surface area (Å²) < 4.78 is 0. The summed E-state index contributed by atoms with van der Waals surface area (Å²) in [5.74, 6) is 0.400. The number of aryl methyl sites for hydroxylation is 2. The first-order chi connectivity index (χ1) is 8.75. The average molecular weight is 267 g/mol. The van der Waals surface area contributed by atoms with Crippen LogP contribution in [0.5, 0.6) is 0 Å². The van der Waals surface area contributed by atoms with Crippen LogP contribution >= 0.6 is 11.3 Å². The number of amides is 1. The molecular formula is C13H21N3OS. The second-order valence-electron chi connectivity index (χ2n) is 4.82. The Labute approximate surface area is 112 Å². The van der Waals surface area contributed by atoms with Crippen molar-refractivity contribution in [1.29, 1.82) is 0 Å². The van der Waals surface area contributed by atoms with Crippen molar-refractivity contribution < 1.29 is 4.79 Å². The van der Waals surface area contributed by atoms with Gasteiger partial charge in [-0.2, -0.15) is 0 Å². The third kappa shape index (κ3) is 4.07. The van der Waals surface area contributed by atoms with E-state index in [0.717, 1.165) is 51.0 Å². The Kier molecular flexibility index (Phi) is 5.13. The largest absolute Gasteiger partial charge is 0.356 e. The number of thiazole rings is 1. The lowest BCUT2D eigenvalue weighted by atomic mass is 10.1. The molecular weight excluding hydrogens is 246 g/mol. The molecule has 0 aliphatic carbocycles. The minimum atomic E-state index is 0.187. The van der Waals surface area contributed by atoms with Crippen molar-refractivity contribution in [3.05, 3.63) is 16.1 Å². The fourth-order valence-corrected chi connectivity index (χ4v) is 2.97. The molecule has 0 bridgehead atoms. The Balaban J connectivity index is 1.54. The van der Waals surface area contributed by atoms with Gasteiger partial charge < -0.3 is 10.6 Å². The van der Waals surface area contributed by atoms with Gasteiger partial charge >= 0.3 is 0 Å². The number of carbonyl (C=O) groups is 1. The molecule has 1 amide bonds. The Morgan fingerprint density at radius 1 is 1.61 bits per heavy atom. The van der Waals surface area contributed by atoms with Gasteiger partial charge in [-0.05, 0) is 39.2 Å². The molecule has 100 valence electrons. The van der Waals surface area contributed by atoms with E-state index >= 15 is 0 Å². The van der Waals surface area contributed by atoms with Gasteiger partial charge in [-0.15, -0.1) is 11.3 Å². The van der Waals surface area contributed by atoms with Crippen LogP contribution in [-0.4, -0.2) is 30.5 Å². The smallest absolute Gasteiger partial charge is 0.224 e. The predicted molar refractivity (Wildman–Crippen MR) is 73.8 cm³/mol. The summed E-state index contributed by atoms with van der Waals surface area (Å²) in [6.07, 6.45) is 4.13. The van der Waals surface area contributed by atoms with E-state index in [4.69, 9.17) is 0 Å². The number of hydrogen-bond acceptors (Lipinski definition) is 4. The standard InChI is InChI=1S/C13H21N3OS/c1-10-9-18-12(16-10)4-2-3-6-15-13(17)11-5-7-14-8-11/h9,11,14H,2-8H2,1H3,(H,15,17). The Morgan fingerprint density at radius 2 is 2.50 bits per heavy atom. The lowest BCUT2D eigenvalue weighted by Gasteiger charge is -2.09. The number of nitrogens with zero attached hydrogens (tertiary/aromatic N) is 1. The quantitative estimate of drug-likeness (QED) is 0.768. The summed E-state index contributed by atoms with van der Waals surface area (Å²) in [6.45, 7) is 4.63. The van der Waals surface area contributed by atoms with Gasteiger partial charge in [-0.3, -0.25) is 4.79 Å². The Bertz CT molecular complexity index is 385. The fraction of sp³-hybridized carbons (Fsp3) is 0.692. The summed E-state index contributed by atoms with van der Waals surface area (Å²) in [4.78, 5) is 16.1. The van der Waals surface area contributed by atoms with Gasteiger partial charge in [0.2, 0.25) is 5.91 Å². The molecule has 1 fully saturated rings. The highest BCUT2D eigenvalue weighted by Gasteiger charge is 2.21. The lowest BCUT2D eigenvalue weighted by molar-refractivity contribution is -0.124. The van der Waals surface area contributed by atoms with Crippen LogP contribution in [-0.2, 0) is 11.2 Å². The van der Waals surface area contributed by atoms with Gasteiger partial charge in [0.1, 0.15) is 0 Å². The van der Waals surface area contributed by atoms with Gasteiger partial charge in [0, 0.05) is 24.2 Å². The van der Waals surface area contributed by atoms with E-state index in [1.165, 1.54) is 5.01 Å². The minimum Gasteiger partial charge on any atom is -0.356 e. The third-order valence-corrected chi connectivity index (χ3v) is 4.24. The van der Waals surface area contributed by atoms with Gasteiger partial charge in [-0.1, -0.05) is 0 Å². The van der Waals surface area contributed by atoms with E-state index in [9.17, 15) is 4.79 Å². The van der Waals surface area contributed by atoms with Crippen molar-refractivity contribution in [1.82, 2.24) is 15.6 Å². The van der Waals surface area contributed by atoms with Crippen LogP contribution in [0, 0.1) is 12.8 Å². The SMILES string of the molecule is Cc1csc(CCCCNC(=O)C2CCNC2)n1. The van der Waals surface area contributed by atoms with Crippen LogP contribution in [0.25, 0.3) is 0 Å². The number of rotatable bonds is 6. The number of nitrogens with one attached hydrogen (secondary N) is 2. The molecule has 0 radical (unpaired) electrons. The molecule has 2 N–H and O–H groups in total. The molecule has 1 atom stereocenters. The Morgan fingerprint density at radius 3 is 3.17 bits per heavy atom. The molecule has 0 saturated carbocycles. The maximum atomic E-state index is 11.7. The van der Waals surface area contributed by atoms with Crippen LogP contribution < -0.4 is 10.6 Å². The van der Waals surface area contributed by atoms with Crippen LogP contribution in [0.3, 0.4) is 0 Å². The molecule has 5 heteroatoms. The first-order valence-corrected chi connectivity index (χ1v) is 7.53. The zero-order valence-corrected chi connectivity index (χ0v) is 11.7. The number of hydrogen-bond donors (Lipinski definition) is 2. The van der Waals surface area contributed by atoms with Gasteiger partial charge in [0.25, 0.3) is 0 Å². The molecule has 18 heavy (non-hydrogen) atoms. The highest BCUT2D eigenvalue weighted by Crippen LogP contribution is 2.11. The molecule has 4 nitrogen and oxygen atoms in total. The third-order valence-electron chi connectivity index (χ3n) is 3.21. The van der Waals surface area contributed by atoms with Crippen molar-refractivity contribution in [2.24, 2.45) is 5.92 Å². The minimum absolute atomic E-state index is 0.187. The maximum absolute atomic E-state index is 11.7. The molecule has 1 aliphatic rings. The summed E-state index contributed by atoms with van der Waals surface area (Å²) in [5, 5.41) is 9.53. The van der Waals surface area contributed by atoms with Crippen molar-refractivity contribution in [2.75, 3.05) is 19.6 Å². The molecule has 1 aromatic heterocycles. The molecule has 2 heterocycles. The number of carbonyl (C=O) groups excluding carboxylic acids is 1. The van der Waals surface area contributed by atoms with E-state index in [1.54, 1.807) is 11.3 Å². The maximum Gasteiger partial charge on any atom is 0.224 e.